The number of fused-ring (bicyclic) bond motifs is 2. The van der Waals surface area contributed by atoms with Crippen LogP contribution in [0.25, 0.3) is 10.9 Å². The zero-order chi connectivity index (χ0) is 61.3. The van der Waals surface area contributed by atoms with Gasteiger partial charge in [-0.1, -0.05) is 112 Å². The highest BCUT2D eigenvalue weighted by Gasteiger charge is 2.40. The summed E-state index contributed by atoms with van der Waals surface area (Å²) in [5, 5.41) is 31.3. The van der Waals surface area contributed by atoms with Crippen molar-refractivity contribution in [3.63, 3.8) is 0 Å². The molecule has 3 aromatic carbocycles. The summed E-state index contributed by atoms with van der Waals surface area (Å²) < 4.78 is 0. The molecule has 1 saturated heterocycles. The van der Waals surface area contributed by atoms with E-state index in [1.165, 1.54) is 0 Å². The van der Waals surface area contributed by atoms with Gasteiger partial charge in [-0.15, -0.1) is 0 Å². The van der Waals surface area contributed by atoms with Gasteiger partial charge in [-0.25, -0.2) is 0 Å². The third kappa shape index (κ3) is 20.4. The maximum absolute atomic E-state index is 14.9. The number of Topliss-reactive ketones (excluding diaryl/α,β-unsaturated/α-hetero) is 2. The number of hydrogen-bond acceptors (Lipinski definition) is 14. The van der Waals surface area contributed by atoms with Gasteiger partial charge in [0, 0.05) is 61.2 Å². The summed E-state index contributed by atoms with van der Waals surface area (Å²) >= 11 is 0. The van der Waals surface area contributed by atoms with Gasteiger partial charge in [-0.3, -0.25) is 43.2 Å². The Bertz CT molecular complexity index is 2840. The molecule has 0 saturated carbocycles. The van der Waals surface area contributed by atoms with Crippen molar-refractivity contribution in [2.24, 2.45) is 40.7 Å². The Morgan fingerprint density at radius 1 is 0.600 bits per heavy atom. The summed E-state index contributed by atoms with van der Waals surface area (Å²) in [6.45, 7) is 1.71. The molecule has 6 rings (SSSR count). The number of aromatic nitrogens is 1. The van der Waals surface area contributed by atoms with Crippen molar-refractivity contribution in [1.29, 1.82) is 0 Å². The molecule has 1 aliphatic carbocycles. The lowest BCUT2D eigenvalue weighted by atomic mass is 9.91. The van der Waals surface area contributed by atoms with Crippen LogP contribution in [-0.2, 0) is 68.8 Å². The number of para-hydroxylation sites is 1. The van der Waals surface area contributed by atoms with Gasteiger partial charge in [-0.2, -0.15) is 0 Å². The van der Waals surface area contributed by atoms with Crippen molar-refractivity contribution >= 4 is 63.8 Å². The summed E-state index contributed by atoms with van der Waals surface area (Å²) in [6, 6.07) is 16.3. The number of amides is 7. The third-order valence-corrected chi connectivity index (χ3v) is 16.2. The minimum absolute atomic E-state index is 0.00165. The van der Waals surface area contributed by atoms with Gasteiger partial charge < -0.3 is 70.2 Å². The number of benzene rings is 3. The van der Waals surface area contributed by atoms with E-state index in [1.54, 1.807) is 36.5 Å². The predicted molar refractivity (Wildman–Crippen MR) is 324 cm³/mol. The number of aliphatic hydroxyl groups is 1. The number of rotatable bonds is 25. The Labute approximate surface area is 498 Å². The zero-order valence-electron chi connectivity index (χ0n) is 49.1. The van der Waals surface area contributed by atoms with Crippen LogP contribution in [0, 0.1) is 17.8 Å². The van der Waals surface area contributed by atoms with E-state index in [0.29, 0.717) is 30.4 Å². The predicted octanol–water partition coefficient (Wildman–Crippen LogP) is 1.45. The molecule has 7 amide bonds. The number of nitrogens with one attached hydrogen (secondary N) is 8. The Morgan fingerprint density at radius 3 is 1.89 bits per heavy atom. The molecule has 85 heavy (non-hydrogen) atoms. The molecule has 22 heteroatoms. The van der Waals surface area contributed by atoms with Crippen LogP contribution in [0.5, 0.6) is 0 Å². The number of nitrogens with two attached hydrogens (primary N) is 4. The van der Waals surface area contributed by atoms with Crippen LogP contribution in [0.1, 0.15) is 119 Å². The Hall–Kier alpha value is -7.37. The smallest absolute Gasteiger partial charge is 0.243 e. The molecule has 17 N–H and O–H groups in total. The van der Waals surface area contributed by atoms with Crippen molar-refractivity contribution in [3.8, 4) is 0 Å². The van der Waals surface area contributed by atoms with Gasteiger partial charge in [0.25, 0.3) is 0 Å². The second kappa shape index (κ2) is 34.6. The second-order valence-electron chi connectivity index (χ2n) is 22.7. The fourth-order valence-electron chi connectivity index (χ4n) is 11.4. The Morgan fingerprint density at radius 2 is 1.20 bits per heavy atom. The fourth-order valence-corrected chi connectivity index (χ4v) is 11.4. The first-order valence-electron chi connectivity index (χ1n) is 30.3. The quantitative estimate of drug-likeness (QED) is 0.0418. The lowest BCUT2D eigenvalue weighted by Crippen LogP contribution is -2.60. The second-order valence-corrected chi connectivity index (χ2v) is 22.7. The summed E-state index contributed by atoms with van der Waals surface area (Å²) in [5.41, 5.74) is 28.3. The van der Waals surface area contributed by atoms with Gasteiger partial charge in [0.1, 0.15) is 24.2 Å². The Kier molecular flexibility index (Phi) is 27.1. The van der Waals surface area contributed by atoms with Crippen LogP contribution in [0.2, 0.25) is 0 Å². The minimum atomic E-state index is -1.37. The number of hydrogen-bond donors (Lipinski definition) is 13. The van der Waals surface area contributed by atoms with E-state index in [1.807, 2.05) is 48.5 Å². The van der Waals surface area contributed by atoms with Crippen LogP contribution in [0.3, 0.4) is 0 Å². The molecule has 1 aliphatic heterocycles. The lowest BCUT2D eigenvalue weighted by Gasteiger charge is -2.30. The number of carbonyl (C=O) groups excluding carboxylic acids is 9. The molecular weight excluding hydrogens is 1080 g/mol. The van der Waals surface area contributed by atoms with E-state index >= 15 is 0 Å². The highest BCUT2D eigenvalue weighted by atomic mass is 16.3. The third-order valence-electron chi connectivity index (χ3n) is 16.2. The van der Waals surface area contributed by atoms with Gasteiger partial charge >= 0.3 is 0 Å². The maximum Gasteiger partial charge on any atom is 0.243 e. The fraction of sp³-hybridized carbons (Fsp3) is 0.540. The van der Waals surface area contributed by atoms with Crippen LogP contribution in [0.15, 0.2) is 85.1 Å². The van der Waals surface area contributed by atoms with Crippen molar-refractivity contribution in [3.05, 3.63) is 107 Å². The van der Waals surface area contributed by atoms with Gasteiger partial charge in [0.2, 0.25) is 41.4 Å². The highest BCUT2D eigenvalue weighted by Crippen LogP contribution is 2.30. The Balaban J connectivity index is 1.37. The number of aromatic amines is 1. The van der Waals surface area contributed by atoms with Gasteiger partial charge in [-0.05, 0) is 112 Å². The molecule has 0 radical (unpaired) electrons. The van der Waals surface area contributed by atoms with E-state index in [4.69, 9.17) is 22.9 Å². The summed E-state index contributed by atoms with van der Waals surface area (Å²) in [7, 11) is 0. The zero-order valence-corrected chi connectivity index (χ0v) is 49.1. The number of aliphatic hydroxyl groups excluding tert-OH is 1. The first-order valence-corrected chi connectivity index (χ1v) is 30.3. The molecule has 1 fully saturated rings. The molecular formula is C63H90N12O10. The standard InChI is InChI=1S/C63H90N12O10/c1-2-3-4-5-9-18-46(76)37-56(79)70-49(22-27-65)54(77)36-43-25-30-68-60(82)53(34-45-38-69-48-20-13-12-19-47(45)48)73-58(80)42(21-26-64)35-55(78)50(23-28-66)71-63(85)57(44-32-40-16-10-11-17-41(40)33-44)75-62(84)52(31-39-14-7-6-8-15-39)74-61(83)51(24-29-67)72-59(43)81/h6-8,10-17,19-20,38,42-44,46,49-53,57,69,76H,2-5,9,18,21-37,64-67H2,1H3,(H,68,82)(H,70,79)(H,71,85)(H,72,81)(H,73,80)(H,74,83)(H,75,84)/t42-,43-,46-,49-,50+,51+,52-,53+,57+/m1/s1. The number of ketones is 2. The number of carbonyl (C=O) groups is 9. The SMILES string of the molecule is CCCCCCC[C@@H](O)CC(=O)N[C@H](CCN)C(=O)C[C@H]1CCNC(=O)[C@H](Cc2c[nH]c3ccccc23)NC(=O)[C@H](CCN)CC(=O)[C@H](CCN)NC(=O)[C@H](C2Cc3ccccc3C2)NC(=O)[C@@H](Cc2ccccc2)NC(=O)[C@H](CCN)NC1=O. The first kappa shape index (κ1) is 66.8. The van der Waals surface area contributed by atoms with Gasteiger partial charge in [0.05, 0.1) is 24.6 Å². The van der Waals surface area contributed by atoms with E-state index in [9.17, 15) is 48.3 Å². The molecule has 9 atom stereocenters. The lowest BCUT2D eigenvalue weighted by molar-refractivity contribution is -0.136. The molecule has 4 aromatic rings. The van der Waals surface area contributed by atoms with E-state index in [-0.39, 0.29) is 84.1 Å². The van der Waals surface area contributed by atoms with E-state index in [2.05, 4.69) is 49.1 Å². The summed E-state index contributed by atoms with van der Waals surface area (Å²) in [5.74, 6) is -8.83. The van der Waals surface area contributed by atoms with Crippen LogP contribution in [-0.4, -0.2) is 138 Å². The maximum atomic E-state index is 14.9. The summed E-state index contributed by atoms with van der Waals surface area (Å²) in [6.07, 6.45) is 5.23. The van der Waals surface area contributed by atoms with Crippen LogP contribution < -0.4 is 60.2 Å². The molecule has 22 nitrogen and oxygen atoms in total. The normalized spacial score (nSPS) is 22.5. The topological polar surface area (TPSA) is 378 Å². The van der Waals surface area contributed by atoms with Crippen molar-refractivity contribution in [1.82, 2.24) is 42.2 Å². The monoisotopic (exact) mass is 1170 g/mol. The van der Waals surface area contributed by atoms with E-state index in [0.717, 1.165) is 54.1 Å². The minimum Gasteiger partial charge on any atom is -0.393 e. The van der Waals surface area contributed by atoms with Crippen LogP contribution in [0.4, 0.5) is 0 Å². The molecule has 0 unspecified atom stereocenters. The molecule has 2 heterocycles. The molecule has 0 spiro atoms. The summed E-state index contributed by atoms with van der Waals surface area (Å²) in [4.78, 5) is 134. The average molecular weight is 1180 g/mol. The van der Waals surface area contributed by atoms with Gasteiger partial charge in [0.15, 0.2) is 11.6 Å². The average Bonchev–Trinajstić information content (AvgIpc) is 3.61. The number of unbranched alkanes of at least 4 members (excludes halogenated alkanes) is 4. The highest BCUT2D eigenvalue weighted by molar-refractivity contribution is 5.98. The van der Waals surface area contributed by atoms with Crippen molar-refractivity contribution < 1.29 is 48.3 Å². The molecule has 2 aliphatic rings. The van der Waals surface area contributed by atoms with E-state index < -0.39 is 126 Å². The molecule has 462 valence electrons. The van der Waals surface area contributed by atoms with Crippen molar-refractivity contribution in [2.75, 3.05) is 32.7 Å². The van der Waals surface area contributed by atoms with Crippen molar-refractivity contribution in [2.45, 2.75) is 165 Å². The molecule has 0 bridgehead atoms. The van der Waals surface area contributed by atoms with Crippen LogP contribution >= 0.6 is 0 Å². The first-order chi connectivity index (χ1) is 41.0. The molecule has 1 aromatic heterocycles. The number of H-pyrrole nitrogens is 1. The largest absolute Gasteiger partial charge is 0.393 e.